The molecule has 8 aromatic heterocycles. The first-order chi connectivity index (χ1) is 55.5. The number of hydrogen-bond donors (Lipinski definition) is 0. The predicted octanol–water partition coefficient (Wildman–Crippen LogP) is 24.1. The van der Waals surface area contributed by atoms with Crippen molar-refractivity contribution >= 4 is 110 Å². The van der Waals surface area contributed by atoms with Crippen molar-refractivity contribution in [2.75, 3.05) is 0 Å². The van der Waals surface area contributed by atoms with Crippen molar-refractivity contribution in [1.29, 1.82) is 0 Å². The molecular formula is C98H60N12O2. The first-order valence-electron chi connectivity index (χ1n) is 37.2. The van der Waals surface area contributed by atoms with Gasteiger partial charge in [0.1, 0.15) is 34.0 Å². The molecule has 14 heteroatoms. The Morgan fingerprint density at radius 1 is 0.196 bits per heavy atom. The van der Waals surface area contributed by atoms with E-state index in [0.717, 1.165) is 177 Å². The summed E-state index contributed by atoms with van der Waals surface area (Å²) in [5.41, 5.74) is 20.9. The lowest BCUT2D eigenvalue weighted by atomic mass is 10.0. The molecule has 14 nitrogen and oxygen atoms in total. The predicted molar refractivity (Wildman–Crippen MR) is 450 cm³/mol. The van der Waals surface area contributed by atoms with Gasteiger partial charge in [0.15, 0.2) is 29.1 Å². The van der Waals surface area contributed by atoms with Gasteiger partial charge in [-0.1, -0.05) is 218 Å². The average Bonchev–Trinajstić information content (AvgIpc) is 1.59. The maximum absolute atomic E-state index is 6.54. The van der Waals surface area contributed by atoms with Crippen LogP contribution in [0.2, 0.25) is 0 Å². The molecule has 0 aliphatic heterocycles. The van der Waals surface area contributed by atoms with Crippen molar-refractivity contribution in [3.8, 4) is 103 Å². The number of para-hydroxylation sites is 10. The van der Waals surface area contributed by atoms with Crippen LogP contribution >= 0.6 is 0 Å². The van der Waals surface area contributed by atoms with Crippen molar-refractivity contribution in [2.45, 2.75) is 0 Å². The van der Waals surface area contributed by atoms with E-state index in [4.69, 9.17) is 48.7 Å². The number of rotatable bonds is 11. The normalized spacial score (nSPS) is 11.8. The molecule has 0 fully saturated rings. The number of imidazole rings is 2. The van der Waals surface area contributed by atoms with Gasteiger partial charge >= 0.3 is 0 Å². The molecule has 0 bridgehead atoms. The number of nitrogens with zero attached hydrogens (tertiary/aromatic N) is 12. The molecule has 0 amide bonds. The van der Waals surface area contributed by atoms with Crippen molar-refractivity contribution in [3.63, 3.8) is 0 Å². The molecule has 23 aromatic rings. The Morgan fingerprint density at radius 3 is 1.04 bits per heavy atom. The zero-order chi connectivity index (χ0) is 73.7. The minimum atomic E-state index is 0.549. The molecule has 0 radical (unpaired) electrons. The first kappa shape index (κ1) is 63.7. The molecule has 0 saturated heterocycles. The summed E-state index contributed by atoms with van der Waals surface area (Å²) in [5.74, 6) is 5.16. The Balaban J connectivity index is 0.000000138. The smallest absolute Gasteiger partial charge is 0.238 e. The van der Waals surface area contributed by atoms with Gasteiger partial charge in [-0.05, 0) is 146 Å². The van der Waals surface area contributed by atoms with Crippen molar-refractivity contribution in [3.05, 3.63) is 364 Å². The monoisotopic (exact) mass is 1440 g/mol. The fraction of sp³-hybridized carbons (Fsp3) is 0. The van der Waals surface area contributed by atoms with Gasteiger partial charge in [-0.2, -0.15) is 9.97 Å². The maximum atomic E-state index is 6.54. The minimum Gasteiger partial charge on any atom is -0.456 e. The summed E-state index contributed by atoms with van der Waals surface area (Å²) in [6.07, 6.45) is 0. The third-order valence-corrected chi connectivity index (χ3v) is 21.2. The molecule has 0 saturated carbocycles. The molecule has 0 N–H and O–H groups in total. The van der Waals surface area contributed by atoms with E-state index < -0.39 is 0 Å². The summed E-state index contributed by atoms with van der Waals surface area (Å²) < 4.78 is 21.9. The Kier molecular flexibility index (Phi) is 14.9. The second kappa shape index (κ2) is 26.2. The number of hydrogen-bond acceptors (Lipinski definition) is 10. The third-order valence-electron chi connectivity index (χ3n) is 21.2. The SMILES string of the molecule is c1ccc(-c2nc(-c3ccc4c(c3)c3ccccc3n4-c3ccccc3)nc(-c3cccc4oc5ccc(-c6nc7ccccc7n6-c6ccccc6)cc5c34)n2)cc1.c1ccc(-c2nc(-c3cccc4oc5ccc(-c6nc7ccccc7n6-c6ccccc6)cc5c34)nc(-n3c4ccccc4c4ccccc43)n2)cc1. The fourth-order valence-corrected chi connectivity index (χ4v) is 16.2. The van der Waals surface area contributed by atoms with Crippen LogP contribution in [-0.2, 0) is 0 Å². The van der Waals surface area contributed by atoms with Gasteiger partial charge in [-0.15, -0.1) is 0 Å². The Bertz CT molecular complexity index is 7580. The van der Waals surface area contributed by atoms with Crippen molar-refractivity contribution < 1.29 is 8.83 Å². The topological polar surface area (TPSA) is 149 Å². The van der Waals surface area contributed by atoms with E-state index >= 15 is 0 Å². The van der Waals surface area contributed by atoms with Crippen LogP contribution in [0.5, 0.6) is 0 Å². The summed E-state index contributed by atoms with van der Waals surface area (Å²) in [5, 5.41) is 8.36. The fourth-order valence-electron chi connectivity index (χ4n) is 16.2. The number of furan rings is 2. The molecule has 0 aliphatic rings. The standard InChI is InChI=1S/C52H32N6O.C46H28N6O/c1-4-15-33(16-5-1)49-54-50(34-27-29-44-40(31-34)38-21-10-12-24-43(38)57(44)36-17-6-2-7-18-36)56-51(55-49)39-22-14-26-47-48(39)41-32-35(28-30-46(41)59-47)52-53-42-23-11-13-25-45(42)58(52)37-19-8-3-9-20-37;1-3-14-29(15-4-1)43-48-44(50-46(49-43)52-37-22-10-7-18-32(37)33-19-8-11-23-38(33)52)34-20-13-25-41-42(34)35-28-30(26-27-40(35)53-41)45-47-36-21-9-12-24-39(36)51(45)31-16-5-2-6-17-31/h1-32H;1-28H. The van der Waals surface area contributed by atoms with Crippen LogP contribution in [0, 0.1) is 0 Å². The number of fused-ring (bicyclic) bond motifs is 14. The molecule has 23 rings (SSSR count). The number of aromatic nitrogens is 12. The number of benzene rings is 15. The summed E-state index contributed by atoms with van der Waals surface area (Å²) in [4.78, 5) is 41.4. The molecular weight excluding hydrogens is 1380 g/mol. The molecule has 0 aliphatic carbocycles. The molecule has 112 heavy (non-hydrogen) atoms. The highest BCUT2D eigenvalue weighted by Crippen LogP contribution is 2.44. The van der Waals surface area contributed by atoms with E-state index in [2.05, 4.69) is 255 Å². The lowest BCUT2D eigenvalue weighted by Gasteiger charge is -2.11. The molecule has 0 atom stereocenters. The third kappa shape index (κ3) is 10.6. The second-order valence-electron chi connectivity index (χ2n) is 27.8. The maximum Gasteiger partial charge on any atom is 0.238 e. The second-order valence-corrected chi connectivity index (χ2v) is 27.8. The van der Waals surface area contributed by atoms with Crippen LogP contribution in [0.4, 0.5) is 0 Å². The van der Waals surface area contributed by atoms with Gasteiger partial charge in [0.05, 0.1) is 44.1 Å². The van der Waals surface area contributed by atoms with Crippen LogP contribution in [0.25, 0.3) is 212 Å². The lowest BCUT2D eigenvalue weighted by Crippen LogP contribution is -2.06. The Morgan fingerprint density at radius 2 is 0.545 bits per heavy atom. The van der Waals surface area contributed by atoms with E-state index in [1.807, 2.05) is 127 Å². The van der Waals surface area contributed by atoms with Crippen molar-refractivity contribution in [2.24, 2.45) is 0 Å². The quantitative estimate of drug-likeness (QED) is 0.122. The summed E-state index contributed by atoms with van der Waals surface area (Å²) >= 11 is 0. The van der Waals surface area contributed by atoms with Crippen LogP contribution in [0.3, 0.4) is 0 Å². The van der Waals surface area contributed by atoms with Crippen LogP contribution in [0.15, 0.2) is 373 Å². The van der Waals surface area contributed by atoms with Crippen LogP contribution in [0.1, 0.15) is 0 Å². The van der Waals surface area contributed by atoms with E-state index in [-0.39, 0.29) is 0 Å². The van der Waals surface area contributed by atoms with Crippen LogP contribution < -0.4 is 0 Å². The molecule has 0 spiro atoms. The van der Waals surface area contributed by atoms with Gasteiger partial charge in [0, 0.05) is 99.1 Å². The highest BCUT2D eigenvalue weighted by Gasteiger charge is 2.26. The Labute approximate surface area is 639 Å². The van der Waals surface area contributed by atoms with Gasteiger partial charge in [-0.3, -0.25) is 13.7 Å². The van der Waals surface area contributed by atoms with Crippen molar-refractivity contribution in [1.82, 2.24) is 58.1 Å². The minimum absolute atomic E-state index is 0.549. The summed E-state index contributed by atoms with van der Waals surface area (Å²) in [6, 6.07) is 125. The Hall–Kier alpha value is -15.5. The van der Waals surface area contributed by atoms with E-state index in [9.17, 15) is 0 Å². The highest BCUT2D eigenvalue weighted by atomic mass is 16.3. The molecule has 524 valence electrons. The van der Waals surface area contributed by atoms with Gasteiger partial charge in [-0.25, -0.2) is 29.9 Å². The average molecular weight is 1440 g/mol. The largest absolute Gasteiger partial charge is 0.456 e. The van der Waals surface area contributed by atoms with E-state index in [0.29, 0.717) is 35.1 Å². The lowest BCUT2D eigenvalue weighted by molar-refractivity contribution is 0.668. The molecule has 0 unspecified atom stereocenters. The van der Waals surface area contributed by atoms with Gasteiger partial charge in [0.2, 0.25) is 5.95 Å². The highest BCUT2D eigenvalue weighted by molar-refractivity contribution is 6.15. The van der Waals surface area contributed by atoms with E-state index in [1.54, 1.807) is 0 Å². The zero-order valence-electron chi connectivity index (χ0n) is 59.8. The zero-order valence-corrected chi connectivity index (χ0v) is 59.8. The summed E-state index contributed by atoms with van der Waals surface area (Å²) in [6.45, 7) is 0. The van der Waals surface area contributed by atoms with E-state index in [1.165, 1.54) is 0 Å². The first-order valence-corrected chi connectivity index (χ1v) is 37.2. The molecule has 15 aromatic carbocycles. The van der Waals surface area contributed by atoms with Crippen LogP contribution in [-0.4, -0.2) is 58.1 Å². The van der Waals surface area contributed by atoms with Gasteiger partial charge < -0.3 is 13.4 Å². The molecule has 8 heterocycles. The summed E-state index contributed by atoms with van der Waals surface area (Å²) in [7, 11) is 0. The van der Waals surface area contributed by atoms with Gasteiger partial charge in [0.25, 0.3) is 0 Å².